The highest BCUT2D eigenvalue weighted by molar-refractivity contribution is 7.89. The number of amides is 1. The molecule has 0 aliphatic carbocycles. The lowest BCUT2D eigenvalue weighted by molar-refractivity contribution is -0.119. The summed E-state index contributed by atoms with van der Waals surface area (Å²) in [5.74, 6) is -0.365. The van der Waals surface area contributed by atoms with Crippen molar-refractivity contribution < 1.29 is 13.2 Å². The molecule has 1 aliphatic rings. The van der Waals surface area contributed by atoms with Gasteiger partial charge in [0.05, 0.1) is 5.02 Å². The van der Waals surface area contributed by atoms with Crippen LogP contribution in [0.2, 0.25) is 10.0 Å². The number of halogens is 2. The van der Waals surface area contributed by atoms with Crippen molar-refractivity contribution in [3.05, 3.63) is 58.6 Å². The molecule has 0 unspecified atom stereocenters. The van der Waals surface area contributed by atoms with E-state index in [4.69, 9.17) is 23.2 Å². The van der Waals surface area contributed by atoms with Crippen LogP contribution in [0, 0.1) is 0 Å². The fourth-order valence-corrected chi connectivity index (χ4v) is 5.11. The predicted molar refractivity (Wildman–Crippen MR) is 98.4 cm³/mol. The van der Waals surface area contributed by atoms with Crippen molar-refractivity contribution in [2.75, 3.05) is 11.9 Å². The van der Waals surface area contributed by atoms with Gasteiger partial charge in [-0.3, -0.25) is 4.79 Å². The molecule has 5 nitrogen and oxygen atoms in total. The van der Waals surface area contributed by atoms with Crippen LogP contribution in [0.25, 0.3) is 0 Å². The van der Waals surface area contributed by atoms with Crippen LogP contribution in [-0.4, -0.2) is 31.2 Å². The van der Waals surface area contributed by atoms with E-state index in [0.717, 1.165) is 0 Å². The standard InChI is InChI=1S/C17H16Cl2N2O3S/c18-12-7-9-13(10-8-12)20-17(22)15-5-3-11-21(15)25(23,24)16-6-2-1-4-14(16)19/h1-2,4,6-10,15H,3,5,11H2,(H,20,22)/t15-/m0/s1. The highest BCUT2D eigenvalue weighted by Crippen LogP contribution is 2.30. The lowest BCUT2D eigenvalue weighted by Crippen LogP contribution is -2.43. The summed E-state index contributed by atoms with van der Waals surface area (Å²) in [6, 6.07) is 12.1. The van der Waals surface area contributed by atoms with E-state index in [-0.39, 0.29) is 22.4 Å². The van der Waals surface area contributed by atoms with Gasteiger partial charge in [-0.1, -0.05) is 35.3 Å². The summed E-state index contributed by atoms with van der Waals surface area (Å²) in [6.07, 6.45) is 1.07. The van der Waals surface area contributed by atoms with Gasteiger partial charge in [-0.25, -0.2) is 8.42 Å². The Hall–Kier alpha value is -1.60. The molecule has 1 heterocycles. The van der Waals surface area contributed by atoms with Gasteiger partial charge in [0.25, 0.3) is 0 Å². The Balaban J connectivity index is 1.83. The fourth-order valence-electron chi connectivity index (χ4n) is 2.83. The third-order valence-corrected chi connectivity index (χ3v) is 6.70. The summed E-state index contributed by atoms with van der Waals surface area (Å²) in [4.78, 5) is 12.6. The molecule has 8 heteroatoms. The van der Waals surface area contributed by atoms with E-state index in [0.29, 0.717) is 23.6 Å². The molecule has 1 N–H and O–H groups in total. The van der Waals surface area contributed by atoms with Crippen LogP contribution in [0.1, 0.15) is 12.8 Å². The lowest BCUT2D eigenvalue weighted by Gasteiger charge is -2.23. The van der Waals surface area contributed by atoms with Crippen molar-refractivity contribution >= 4 is 44.8 Å². The molecule has 2 aromatic rings. The number of nitrogens with zero attached hydrogens (tertiary/aromatic N) is 1. The van der Waals surface area contributed by atoms with Crippen molar-refractivity contribution in [1.29, 1.82) is 0 Å². The van der Waals surface area contributed by atoms with Crippen LogP contribution in [0.4, 0.5) is 5.69 Å². The molecule has 2 aromatic carbocycles. The third kappa shape index (κ3) is 3.82. The second kappa shape index (κ2) is 7.33. The van der Waals surface area contributed by atoms with Crippen LogP contribution >= 0.6 is 23.2 Å². The summed E-state index contributed by atoms with van der Waals surface area (Å²) in [5.41, 5.74) is 0.566. The van der Waals surface area contributed by atoms with Gasteiger partial charge in [-0.05, 0) is 49.2 Å². The Labute approximate surface area is 156 Å². The minimum Gasteiger partial charge on any atom is -0.325 e. The first kappa shape index (κ1) is 18.2. The number of rotatable bonds is 4. The Kier molecular flexibility index (Phi) is 5.34. The maximum atomic E-state index is 12.9. The molecule has 25 heavy (non-hydrogen) atoms. The van der Waals surface area contributed by atoms with E-state index in [1.807, 2.05) is 0 Å². The number of hydrogen-bond acceptors (Lipinski definition) is 3. The maximum absolute atomic E-state index is 12.9. The van der Waals surface area contributed by atoms with E-state index >= 15 is 0 Å². The summed E-state index contributed by atoms with van der Waals surface area (Å²) in [7, 11) is -3.84. The highest BCUT2D eigenvalue weighted by Gasteiger charge is 2.40. The van der Waals surface area contributed by atoms with Gasteiger partial charge < -0.3 is 5.32 Å². The zero-order chi connectivity index (χ0) is 18.0. The van der Waals surface area contributed by atoms with Crippen molar-refractivity contribution in [2.24, 2.45) is 0 Å². The molecule has 1 saturated heterocycles. The average Bonchev–Trinajstić information content (AvgIpc) is 3.08. The van der Waals surface area contributed by atoms with E-state index in [2.05, 4.69) is 5.32 Å². The van der Waals surface area contributed by atoms with Crippen LogP contribution in [0.5, 0.6) is 0 Å². The molecule has 1 amide bonds. The number of carbonyl (C=O) groups is 1. The first-order chi connectivity index (χ1) is 11.9. The molecule has 0 spiro atoms. The Morgan fingerprint density at radius 3 is 2.44 bits per heavy atom. The predicted octanol–water partition coefficient (Wildman–Crippen LogP) is 3.79. The van der Waals surface area contributed by atoms with E-state index in [1.165, 1.54) is 16.4 Å². The van der Waals surface area contributed by atoms with Crippen molar-refractivity contribution in [3.8, 4) is 0 Å². The summed E-state index contributed by atoms with van der Waals surface area (Å²) >= 11 is 11.9. The molecule has 0 radical (unpaired) electrons. The normalized spacial score (nSPS) is 18.2. The van der Waals surface area contributed by atoms with E-state index in [1.54, 1.807) is 36.4 Å². The van der Waals surface area contributed by atoms with Crippen LogP contribution < -0.4 is 5.32 Å². The Bertz CT molecular complexity index is 885. The summed E-state index contributed by atoms with van der Waals surface area (Å²) < 4.78 is 27.0. The zero-order valence-electron chi connectivity index (χ0n) is 13.2. The largest absolute Gasteiger partial charge is 0.325 e. The number of sulfonamides is 1. The molecule has 0 aromatic heterocycles. The van der Waals surface area contributed by atoms with E-state index in [9.17, 15) is 13.2 Å². The number of hydrogen-bond donors (Lipinski definition) is 1. The second-order valence-electron chi connectivity index (χ2n) is 5.70. The van der Waals surface area contributed by atoms with Gasteiger partial charge in [0, 0.05) is 17.3 Å². The third-order valence-electron chi connectivity index (χ3n) is 4.04. The molecule has 132 valence electrons. The zero-order valence-corrected chi connectivity index (χ0v) is 15.5. The number of carbonyl (C=O) groups excluding carboxylic acids is 1. The second-order valence-corrected chi connectivity index (χ2v) is 8.40. The van der Waals surface area contributed by atoms with Gasteiger partial charge in [-0.2, -0.15) is 4.31 Å². The summed E-state index contributed by atoms with van der Waals surface area (Å²) in [6.45, 7) is 0.284. The van der Waals surface area contributed by atoms with Crippen molar-refractivity contribution in [1.82, 2.24) is 4.31 Å². The number of nitrogens with one attached hydrogen (secondary N) is 1. The van der Waals surface area contributed by atoms with Gasteiger partial charge in [0.1, 0.15) is 10.9 Å². The molecule has 0 saturated carbocycles. The van der Waals surface area contributed by atoms with Crippen LogP contribution in [0.3, 0.4) is 0 Å². The smallest absolute Gasteiger partial charge is 0.245 e. The SMILES string of the molecule is O=C(Nc1ccc(Cl)cc1)[C@@H]1CCCN1S(=O)(=O)c1ccccc1Cl. The minimum absolute atomic E-state index is 0.0165. The molecule has 3 rings (SSSR count). The topological polar surface area (TPSA) is 66.5 Å². The van der Waals surface area contributed by atoms with Gasteiger partial charge in [0.15, 0.2) is 0 Å². The first-order valence-corrected chi connectivity index (χ1v) is 9.92. The minimum atomic E-state index is -3.84. The molecule has 1 aliphatic heterocycles. The van der Waals surface area contributed by atoms with Crippen molar-refractivity contribution in [3.63, 3.8) is 0 Å². The maximum Gasteiger partial charge on any atom is 0.245 e. The summed E-state index contributed by atoms with van der Waals surface area (Å²) in [5, 5.41) is 3.44. The number of anilines is 1. The van der Waals surface area contributed by atoms with Crippen LogP contribution in [-0.2, 0) is 14.8 Å². The molecular formula is C17H16Cl2N2O3S. The fraction of sp³-hybridized carbons (Fsp3) is 0.235. The molecular weight excluding hydrogens is 383 g/mol. The first-order valence-electron chi connectivity index (χ1n) is 7.72. The van der Waals surface area contributed by atoms with E-state index < -0.39 is 16.1 Å². The van der Waals surface area contributed by atoms with Gasteiger partial charge in [-0.15, -0.1) is 0 Å². The molecule has 1 fully saturated rings. The quantitative estimate of drug-likeness (QED) is 0.851. The number of benzene rings is 2. The van der Waals surface area contributed by atoms with Crippen LogP contribution in [0.15, 0.2) is 53.4 Å². The Morgan fingerprint density at radius 2 is 1.76 bits per heavy atom. The lowest BCUT2D eigenvalue weighted by atomic mass is 10.2. The highest BCUT2D eigenvalue weighted by atomic mass is 35.5. The molecule has 0 bridgehead atoms. The molecule has 1 atom stereocenters. The van der Waals surface area contributed by atoms with Gasteiger partial charge in [0.2, 0.25) is 15.9 Å². The van der Waals surface area contributed by atoms with Gasteiger partial charge >= 0.3 is 0 Å². The average molecular weight is 399 g/mol. The Morgan fingerprint density at radius 1 is 1.08 bits per heavy atom. The van der Waals surface area contributed by atoms with Crippen molar-refractivity contribution in [2.45, 2.75) is 23.8 Å². The monoisotopic (exact) mass is 398 g/mol.